The maximum atomic E-state index is 12.9. The predicted octanol–water partition coefficient (Wildman–Crippen LogP) is 5.50. The fraction of sp³-hybridized carbons (Fsp3) is 0.294. The van der Waals surface area contributed by atoms with E-state index < -0.39 is 11.7 Å². The van der Waals surface area contributed by atoms with Gasteiger partial charge in [-0.2, -0.15) is 13.2 Å². The zero-order valence-electron chi connectivity index (χ0n) is 12.3. The van der Waals surface area contributed by atoms with Crippen molar-refractivity contribution in [3.05, 3.63) is 64.7 Å². The molecule has 112 valence electrons. The summed E-state index contributed by atoms with van der Waals surface area (Å²) in [5.41, 5.74) is 2.30. The van der Waals surface area contributed by atoms with Crippen molar-refractivity contribution in [2.75, 3.05) is 5.32 Å². The van der Waals surface area contributed by atoms with Crippen molar-refractivity contribution < 1.29 is 13.2 Å². The molecule has 2 aromatic carbocycles. The van der Waals surface area contributed by atoms with E-state index in [-0.39, 0.29) is 11.6 Å². The molecule has 0 aliphatic rings. The van der Waals surface area contributed by atoms with E-state index in [9.17, 15) is 13.2 Å². The SMILES string of the molecule is Cc1ccccc1C(C)Nc1ccc(C)c(C(F)(F)F)c1. The van der Waals surface area contributed by atoms with Gasteiger partial charge in [0.2, 0.25) is 0 Å². The number of benzene rings is 2. The highest BCUT2D eigenvalue weighted by molar-refractivity contribution is 5.51. The summed E-state index contributed by atoms with van der Waals surface area (Å²) in [6.45, 7) is 5.40. The van der Waals surface area contributed by atoms with E-state index in [2.05, 4.69) is 5.32 Å². The molecule has 21 heavy (non-hydrogen) atoms. The first-order valence-electron chi connectivity index (χ1n) is 6.79. The van der Waals surface area contributed by atoms with Gasteiger partial charge in [0.25, 0.3) is 0 Å². The molecular formula is C17H18F3N. The van der Waals surface area contributed by atoms with Crippen molar-refractivity contribution >= 4 is 5.69 Å². The van der Waals surface area contributed by atoms with Gasteiger partial charge in [-0.3, -0.25) is 0 Å². The molecule has 0 saturated carbocycles. The molecule has 0 spiro atoms. The first-order valence-corrected chi connectivity index (χ1v) is 6.79. The van der Waals surface area contributed by atoms with Crippen molar-refractivity contribution in [3.63, 3.8) is 0 Å². The van der Waals surface area contributed by atoms with Gasteiger partial charge in [-0.05, 0) is 49.6 Å². The van der Waals surface area contributed by atoms with Crippen molar-refractivity contribution in [2.24, 2.45) is 0 Å². The molecule has 2 rings (SSSR count). The third-order valence-corrected chi connectivity index (χ3v) is 3.58. The Morgan fingerprint density at radius 3 is 2.24 bits per heavy atom. The van der Waals surface area contributed by atoms with Crippen LogP contribution in [0.25, 0.3) is 0 Å². The lowest BCUT2D eigenvalue weighted by Crippen LogP contribution is -2.11. The smallest absolute Gasteiger partial charge is 0.378 e. The van der Waals surface area contributed by atoms with Crippen molar-refractivity contribution in [2.45, 2.75) is 33.0 Å². The molecule has 1 unspecified atom stereocenters. The van der Waals surface area contributed by atoms with E-state index >= 15 is 0 Å². The summed E-state index contributed by atoms with van der Waals surface area (Å²) < 4.78 is 38.8. The minimum absolute atomic E-state index is 0.0602. The molecule has 0 amide bonds. The highest BCUT2D eigenvalue weighted by Gasteiger charge is 2.32. The number of hydrogen-bond acceptors (Lipinski definition) is 1. The minimum Gasteiger partial charge on any atom is -0.378 e. The van der Waals surface area contributed by atoms with Crippen LogP contribution < -0.4 is 5.32 Å². The Kier molecular flexibility index (Phi) is 4.26. The van der Waals surface area contributed by atoms with Crippen molar-refractivity contribution in [3.8, 4) is 0 Å². The third-order valence-electron chi connectivity index (χ3n) is 3.58. The second-order valence-electron chi connectivity index (χ2n) is 5.25. The van der Waals surface area contributed by atoms with Crippen LogP contribution in [0, 0.1) is 13.8 Å². The van der Waals surface area contributed by atoms with Crippen LogP contribution in [-0.2, 0) is 6.18 Å². The standard InChI is InChI=1S/C17H18F3N/c1-11-6-4-5-7-15(11)13(3)21-14-9-8-12(2)16(10-14)17(18,19)20/h4-10,13,21H,1-3H3. The van der Waals surface area contributed by atoms with Crippen molar-refractivity contribution in [1.82, 2.24) is 0 Å². The van der Waals surface area contributed by atoms with Gasteiger partial charge in [-0.25, -0.2) is 0 Å². The normalized spacial score (nSPS) is 13.0. The summed E-state index contributed by atoms with van der Waals surface area (Å²) >= 11 is 0. The number of anilines is 1. The number of hydrogen-bond donors (Lipinski definition) is 1. The molecule has 0 saturated heterocycles. The van der Waals surface area contributed by atoms with Crippen LogP contribution in [0.1, 0.15) is 35.2 Å². The zero-order valence-corrected chi connectivity index (χ0v) is 12.3. The summed E-state index contributed by atoms with van der Waals surface area (Å²) in [4.78, 5) is 0. The monoisotopic (exact) mass is 293 g/mol. The highest BCUT2D eigenvalue weighted by Crippen LogP contribution is 2.34. The Hall–Kier alpha value is -1.97. The molecule has 1 N–H and O–H groups in total. The highest BCUT2D eigenvalue weighted by atomic mass is 19.4. The van der Waals surface area contributed by atoms with Crippen LogP contribution in [0.5, 0.6) is 0 Å². The second-order valence-corrected chi connectivity index (χ2v) is 5.25. The van der Waals surface area contributed by atoms with Crippen LogP contribution in [-0.4, -0.2) is 0 Å². The van der Waals surface area contributed by atoms with E-state index in [4.69, 9.17) is 0 Å². The molecule has 0 radical (unpaired) electrons. The van der Waals surface area contributed by atoms with Gasteiger partial charge in [-0.15, -0.1) is 0 Å². The molecule has 1 nitrogen and oxygen atoms in total. The molecule has 0 fully saturated rings. The molecule has 0 aliphatic heterocycles. The molecule has 2 aromatic rings. The van der Waals surface area contributed by atoms with Gasteiger partial charge in [0.1, 0.15) is 0 Å². The minimum atomic E-state index is -4.33. The summed E-state index contributed by atoms with van der Waals surface area (Å²) in [6, 6.07) is 12.1. The summed E-state index contributed by atoms with van der Waals surface area (Å²) in [5, 5.41) is 3.14. The molecule has 0 aromatic heterocycles. The average Bonchev–Trinajstić information content (AvgIpc) is 2.40. The van der Waals surface area contributed by atoms with Crippen LogP contribution in [0.4, 0.5) is 18.9 Å². The lowest BCUT2D eigenvalue weighted by atomic mass is 10.0. The van der Waals surface area contributed by atoms with Gasteiger partial charge in [0.05, 0.1) is 5.56 Å². The van der Waals surface area contributed by atoms with E-state index in [0.717, 1.165) is 11.1 Å². The van der Waals surface area contributed by atoms with E-state index in [1.165, 1.54) is 19.1 Å². The number of nitrogens with one attached hydrogen (secondary N) is 1. The van der Waals surface area contributed by atoms with Gasteiger partial charge in [-0.1, -0.05) is 30.3 Å². The molecule has 0 bridgehead atoms. The first kappa shape index (κ1) is 15.4. The van der Waals surface area contributed by atoms with Crippen LogP contribution in [0.15, 0.2) is 42.5 Å². The number of alkyl halides is 3. The topological polar surface area (TPSA) is 12.0 Å². The Bertz CT molecular complexity index is 632. The lowest BCUT2D eigenvalue weighted by molar-refractivity contribution is -0.138. The first-order chi connectivity index (χ1) is 9.79. The van der Waals surface area contributed by atoms with Gasteiger partial charge >= 0.3 is 6.18 Å². The van der Waals surface area contributed by atoms with E-state index in [0.29, 0.717) is 5.69 Å². The fourth-order valence-corrected chi connectivity index (χ4v) is 2.42. The summed E-state index contributed by atoms with van der Waals surface area (Å²) in [7, 11) is 0. The third kappa shape index (κ3) is 3.57. The predicted molar refractivity (Wildman–Crippen MR) is 79.4 cm³/mol. The van der Waals surface area contributed by atoms with Crippen LogP contribution in [0.2, 0.25) is 0 Å². The van der Waals surface area contributed by atoms with E-state index in [1.54, 1.807) is 6.07 Å². The zero-order chi connectivity index (χ0) is 15.6. The molecule has 4 heteroatoms. The Morgan fingerprint density at radius 2 is 1.62 bits per heavy atom. The maximum Gasteiger partial charge on any atom is 0.416 e. The quantitative estimate of drug-likeness (QED) is 0.788. The van der Waals surface area contributed by atoms with Gasteiger partial charge < -0.3 is 5.32 Å². The average molecular weight is 293 g/mol. The Morgan fingerprint density at radius 1 is 0.952 bits per heavy atom. The summed E-state index contributed by atoms with van der Waals surface area (Å²) in [6.07, 6.45) is -4.33. The van der Waals surface area contributed by atoms with E-state index in [1.807, 2.05) is 38.1 Å². The van der Waals surface area contributed by atoms with Crippen molar-refractivity contribution in [1.29, 1.82) is 0 Å². The number of rotatable bonds is 3. The largest absolute Gasteiger partial charge is 0.416 e. The number of halogens is 3. The Balaban J connectivity index is 2.26. The molecule has 1 atom stereocenters. The second kappa shape index (κ2) is 5.80. The van der Waals surface area contributed by atoms with Crippen LogP contribution in [0.3, 0.4) is 0 Å². The Labute approximate surface area is 122 Å². The molecular weight excluding hydrogens is 275 g/mol. The van der Waals surface area contributed by atoms with Gasteiger partial charge in [0.15, 0.2) is 0 Å². The fourth-order valence-electron chi connectivity index (χ4n) is 2.42. The lowest BCUT2D eigenvalue weighted by Gasteiger charge is -2.19. The maximum absolute atomic E-state index is 12.9. The van der Waals surface area contributed by atoms with Crippen LogP contribution >= 0.6 is 0 Å². The molecule has 0 heterocycles. The number of aryl methyl sites for hydroxylation is 2. The summed E-state index contributed by atoms with van der Waals surface area (Å²) in [5.74, 6) is 0. The molecule has 0 aliphatic carbocycles. The van der Waals surface area contributed by atoms with Gasteiger partial charge in [0, 0.05) is 11.7 Å².